The molecular weight excluding hydrogens is 491 g/mol. The molecule has 1 aromatic carbocycles. The van der Waals surface area contributed by atoms with Crippen LogP contribution in [0.4, 0.5) is 0 Å². The molecule has 9 heteroatoms. The van der Waals surface area contributed by atoms with Crippen molar-refractivity contribution in [1.82, 2.24) is 25.7 Å². The molecule has 0 amide bonds. The Labute approximate surface area is 188 Å². The first-order valence-electron chi connectivity index (χ1n) is 9.50. The van der Waals surface area contributed by atoms with Crippen LogP contribution in [0.1, 0.15) is 25.2 Å². The Kier molecular flexibility index (Phi) is 10.0. The molecule has 1 aliphatic heterocycles. The molecule has 0 atom stereocenters. The van der Waals surface area contributed by atoms with Crippen LogP contribution in [0, 0.1) is 0 Å². The third-order valence-electron chi connectivity index (χ3n) is 4.57. The van der Waals surface area contributed by atoms with Crippen molar-refractivity contribution in [2.75, 3.05) is 39.8 Å². The zero-order chi connectivity index (χ0) is 18.9. The monoisotopic (exact) mass is 518 g/mol. The largest absolute Gasteiger partial charge is 0.356 e. The maximum Gasteiger partial charge on any atom is 0.228 e. The molecule has 0 spiro atoms. The minimum absolute atomic E-state index is 0. The van der Waals surface area contributed by atoms with Crippen molar-refractivity contribution in [3.8, 4) is 11.4 Å². The first-order valence-corrected chi connectivity index (χ1v) is 9.88. The average Bonchev–Trinajstić information content (AvgIpc) is 3.16. The van der Waals surface area contributed by atoms with Crippen molar-refractivity contribution in [3.63, 3.8) is 0 Å². The van der Waals surface area contributed by atoms with Gasteiger partial charge in [0.15, 0.2) is 5.96 Å². The van der Waals surface area contributed by atoms with Gasteiger partial charge >= 0.3 is 0 Å². The summed E-state index contributed by atoms with van der Waals surface area (Å²) in [6, 6.07) is 7.42. The van der Waals surface area contributed by atoms with E-state index in [4.69, 9.17) is 16.1 Å². The summed E-state index contributed by atoms with van der Waals surface area (Å²) in [5, 5.41) is 11.3. The van der Waals surface area contributed by atoms with Crippen LogP contribution in [0.5, 0.6) is 0 Å². The van der Waals surface area contributed by atoms with Crippen molar-refractivity contribution in [2.45, 2.75) is 25.7 Å². The normalized spacial score (nSPS) is 15.1. The van der Waals surface area contributed by atoms with Crippen LogP contribution >= 0.6 is 35.6 Å². The number of benzene rings is 1. The summed E-state index contributed by atoms with van der Waals surface area (Å²) in [7, 11) is 1.78. The van der Waals surface area contributed by atoms with E-state index in [-0.39, 0.29) is 24.0 Å². The molecule has 7 nitrogen and oxygen atoms in total. The van der Waals surface area contributed by atoms with E-state index in [1.807, 2.05) is 24.3 Å². The lowest BCUT2D eigenvalue weighted by molar-refractivity contribution is 0.232. The SMILES string of the molecule is CN=C(NCCc1nc(-c2cccc(Cl)c2)no1)NCCN1CCCCC1.I. The van der Waals surface area contributed by atoms with Crippen LogP contribution in [0.3, 0.4) is 0 Å². The lowest BCUT2D eigenvalue weighted by Gasteiger charge is -2.26. The van der Waals surface area contributed by atoms with E-state index in [9.17, 15) is 0 Å². The molecule has 1 aliphatic rings. The van der Waals surface area contributed by atoms with Crippen LogP contribution in [-0.2, 0) is 6.42 Å². The molecule has 0 unspecified atom stereocenters. The third-order valence-corrected chi connectivity index (χ3v) is 4.81. The van der Waals surface area contributed by atoms with Gasteiger partial charge in [-0.25, -0.2) is 0 Å². The smallest absolute Gasteiger partial charge is 0.228 e. The zero-order valence-electron chi connectivity index (χ0n) is 16.2. The first kappa shape index (κ1) is 22.9. The van der Waals surface area contributed by atoms with Gasteiger partial charge in [-0.3, -0.25) is 4.99 Å². The number of hydrogen-bond acceptors (Lipinski definition) is 5. The second kappa shape index (κ2) is 12.2. The van der Waals surface area contributed by atoms with E-state index in [2.05, 4.69) is 30.7 Å². The Hall–Kier alpha value is -1.39. The van der Waals surface area contributed by atoms with Crippen molar-refractivity contribution in [2.24, 2.45) is 4.99 Å². The molecule has 3 rings (SSSR count). The molecule has 2 aromatic rings. The number of likely N-dealkylation sites (tertiary alicyclic amines) is 1. The maximum absolute atomic E-state index is 6.01. The molecule has 2 heterocycles. The quantitative estimate of drug-likeness (QED) is 0.333. The highest BCUT2D eigenvalue weighted by molar-refractivity contribution is 14.0. The van der Waals surface area contributed by atoms with Gasteiger partial charge in [0.1, 0.15) is 0 Å². The van der Waals surface area contributed by atoms with Crippen LogP contribution in [0.25, 0.3) is 11.4 Å². The van der Waals surface area contributed by atoms with Gasteiger partial charge in [-0.1, -0.05) is 35.3 Å². The average molecular weight is 519 g/mol. The van der Waals surface area contributed by atoms with Crippen molar-refractivity contribution in [1.29, 1.82) is 0 Å². The van der Waals surface area contributed by atoms with Crippen molar-refractivity contribution >= 4 is 41.5 Å². The van der Waals surface area contributed by atoms with Crippen molar-refractivity contribution < 1.29 is 4.52 Å². The minimum Gasteiger partial charge on any atom is -0.356 e. The minimum atomic E-state index is 0. The van der Waals surface area contributed by atoms with Gasteiger partial charge in [-0.05, 0) is 38.1 Å². The molecule has 1 fully saturated rings. The Morgan fingerprint density at radius 3 is 2.75 bits per heavy atom. The van der Waals surface area contributed by atoms with E-state index in [1.165, 1.54) is 32.4 Å². The maximum atomic E-state index is 6.01. The highest BCUT2D eigenvalue weighted by Crippen LogP contribution is 2.19. The molecule has 1 saturated heterocycles. The van der Waals surface area contributed by atoms with E-state index in [1.54, 1.807) is 7.05 Å². The van der Waals surface area contributed by atoms with Gasteiger partial charge in [-0.2, -0.15) is 4.98 Å². The molecule has 2 N–H and O–H groups in total. The highest BCUT2D eigenvalue weighted by atomic mass is 127. The molecule has 28 heavy (non-hydrogen) atoms. The fourth-order valence-electron chi connectivity index (χ4n) is 3.13. The molecule has 0 bridgehead atoms. The molecule has 154 valence electrons. The number of rotatable bonds is 7. The predicted molar refractivity (Wildman–Crippen MR) is 124 cm³/mol. The summed E-state index contributed by atoms with van der Waals surface area (Å²) in [4.78, 5) is 11.2. The topological polar surface area (TPSA) is 78.6 Å². The molecular formula is C19H28ClIN6O. The summed E-state index contributed by atoms with van der Waals surface area (Å²) < 4.78 is 5.32. The van der Waals surface area contributed by atoms with Gasteiger partial charge in [0.2, 0.25) is 11.7 Å². The van der Waals surface area contributed by atoms with Crippen LogP contribution < -0.4 is 10.6 Å². The predicted octanol–water partition coefficient (Wildman–Crippen LogP) is 3.20. The summed E-state index contributed by atoms with van der Waals surface area (Å²) in [6.07, 6.45) is 4.62. The standard InChI is InChI=1S/C19H27ClN6O.HI/c1-21-19(23-10-13-26-11-3-2-4-12-26)22-9-8-17-24-18(25-27-17)15-6-5-7-16(20)14-15;/h5-7,14H,2-4,8-13H2,1H3,(H2,21,22,23);1H. The van der Waals surface area contributed by atoms with E-state index in [0.29, 0.717) is 29.7 Å². The molecule has 0 radical (unpaired) electrons. The van der Waals surface area contributed by atoms with E-state index < -0.39 is 0 Å². The Morgan fingerprint density at radius 1 is 1.21 bits per heavy atom. The number of hydrogen-bond donors (Lipinski definition) is 2. The van der Waals surface area contributed by atoms with Gasteiger partial charge in [0, 0.05) is 43.7 Å². The fraction of sp³-hybridized carbons (Fsp3) is 0.526. The molecule has 1 aromatic heterocycles. The summed E-state index contributed by atoms with van der Waals surface area (Å²) >= 11 is 6.01. The lowest BCUT2D eigenvalue weighted by Crippen LogP contribution is -2.43. The van der Waals surface area contributed by atoms with E-state index in [0.717, 1.165) is 24.6 Å². The van der Waals surface area contributed by atoms with Gasteiger partial charge in [0.25, 0.3) is 0 Å². The van der Waals surface area contributed by atoms with Crippen LogP contribution in [0.15, 0.2) is 33.8 Å². The zero-order valence-corrected chi connectivity index (χ0v) is 19.2. The Morgan fingerprint density at radius 2 is 2.00 bits per heavy atom. The van der Waals surface area contributed by atoms with Gasteiger partial charge in [0.05, 0.1) is 0 Å². The van der Waals surface area contributed by atoms with Crippen molar-refractivity contribution in [3.05, 3.63) is 35.2 Å². The number of aliphatic imine (C=N–C) groups is 1. The molecule has 0 saturated carbocycles. The molecule has 0 aliphatic carbocycles. The first-order chi connectivity index (χ1) is 13.2. The number of nitrogens with zero attached hydrogens (tertiary/aromatic N) is 4. The fourth-order valence-corrected chi connectivity index (χ4v) is 3.32. The number of piperidine rings is 1. The summed E-state index contributed by atoms with van der Waals surface area (Å²) in [6.45, 7) is 5.02. The second-order valence-corrected chi connectivity index (χ2v) is 7.04. The van der Waals surface area contributed by atoms with Crippen LogP contribution in [0.2, 0.25) is 5.02 Å². The Balaban J connectivity index is 0.00000280. The lowest BCUT2D eigenvalue weighted by atomic mass is 10.1. The second-order valence-electron chi connectivity index (χ2n) is 6.60. The van der Waals surface area contributed by atoms with Gasteiger partial charge < -0.3 is 20.1 Å². The number of guanidine groups is 1. The van der Waals surface area contributed by atoms with Crippen LogP contribution in [-0.4, -0.2) is 60.8 Å². The number of nitrogens with one attached hydrogen (secondary N) is 2. The number of aromatic nitrogens is 2. The Bertz CT molecular complexity index is 748. The summed E-state index contributed by atoms with van der Waals surface area (Å²) in [5.41, 5.74) is 0.848. The van der Waals surface area contributed by atoms with E-state index >= 15 is 0 Å². The highest BCUT2D eigenvalue weighted by Gasteiger charge is 2.11. The summed E-state index contributed by atoms with van der Waals surface area (Å²) in [5.74, 6) is 1.93. The van der Waals surface area contributed by atoms with Gasteiger partial charge in [-0.15, -0.1) is 24.0 Å². The third kappa shape index (κ3) is 7.21. The number of halogens is 2.